The number of hydrogen-bond acceptors (Lipinski definition) is 4. The number of piperazine rings is 1. The number of aromatic nitrogens is 1. The topological polar surface area (TPSA) is 97.7 Å². The van der Waals surface area contributed by atoms with Crippen LogP contribution in [0.1, 0.15) is 11.1 Å². The second kappa shape index (κ2) is 11.4. The van der Waals surface area contributed by atoms with Crippen LogP contribution in [0.15, 0.2) is 85.1 Å². The summed E-state index contributed by atoms with van der Waals surface area (Å²) in [7, 11) is 0. The van der Waals surface area contributed by atoms with E-state index in [9.17, 15) is 9.59 Å². The summed E-state index contributed by atoms with van der Waals surface area (Å²) < 4.78 is 0. The van der Waals surface area contributed by atoms with Crippen molar-refractivity contribution < 1.29 is 9.59 Å². The minimum absolute atomic E-state index is 0.104. The Morgan fingerprint density at radius 1 is 0.925 bits per heavy atom. The van der Waals surface area contributed by atoms with Crippen LogP contribution < -0.4 is 20.9 Å². The average molecular weight is 537 g/mol. The summed E-state index contributed by atoms with van der Waals surface area (Å²) in [6, 6.07) is 25.4. The van der Waals surface area contributed by atoms with Crippen molar-refractivity contribution >= 4 is 34.2 Å². The zero-order valence-corrected chi connectivity index (χ0v) is 22.6. The molecule has 1 unspecified atom stereocenters. The predicted molar refractivity (Wildman–Crippen MR) is 160 cm³/mol. The summed E-state index contributed by atoms with van der Waals surface area (Å²) in [6.45, 7) is 3.73. The van der Waals surface area contributed by atoms with E-state index in [1.54, 1.807) is 0 Å². The minimum Gasteiger partial charge on any atom is -0.368 e. The summed E-state index contributed by atoms with van der Waals surface area (Å²) in [4.78, 5) is 37.1. The zero-order valence-electron chi connectivity index (χ0n) is 22.6. The quantitative estimate of drug-likeness (QED) is 0.349. The van der Waals surface area contributed by atoms with Crippen molar-refractivity contribution in [2.75, 3.05) is 49.1 Å². The molecule has 4 aromatic rings. The summed E-state index contributed by atoms with van der Waals surface area (Å²) in [6.07, 6.45) is 3.19. The fraction of sp³-hybridized carbons (Fsp3) is 0.312. The molecule has 40 heavy (non-hydrogen) atoms. The fourth-order valence-electron chi connectivity index (χ4n) is 6.00. The van der Waals surface area contributed by atoms with Crippen LogP contribution in [0.5, 0.6) is 0 Å². The van der Waals surface area contributed by atoms with Gasteiger partial charge in [0.2, 0.25) is 5.91 Å². The first-order valence-electron chi connectivity index (χ1n) is 14.1. The van der Waals surface area contributed by atoms with Gasteiger partial charge in [-0.2, -0.15) is 0 Å². The number of aromatic amines is 1. The van der Waals surface area contributed by atoms with E-state index in [1.807, 2.05) is 76.7 Å². The van der Waals surface area contributed by atoms with Gasteiger partial charge >= 0.3 is 6.03 Å². The van der Waals surface area contributed by atoms with Crippen molar-refractivity contribution in [2.24, 2.45) is 11.7 Å². The molecule has 2 aliphatic rings. The fourth-order valence-corrected chi connectivity index (χ4v) is 6.00. The highest BCUT2D eigenvalue weighted by molar-refractivity contribution is 6.00. The van der Waals surface area contributed by atoms with Crippen molar-refractivity contribution in [3.63, 3.8) is 0 Å². The number of nitrogens with two attached hydrogens (primary N) is 1. The lowest BCUT2D eigenvalue weighted by Gasteiger charge is -2.38. The SMILES string of the molecule is NCC1Cc2ccccc2N(C(=O)[C@@H](Cc2c[nH]c3ccccc23)NC(=O)N2CCN(c3ccccc3)CC2)C1. The number of carbonyl (C=O) groups excluding carboxylic acids is 2. The highest BCUT2D eigenvalue weighted by Gasteiger charge is 2.34. The molecule has 1 aromatic heterocycles. The predicted octanol–water partition coefficient (Wildman–Crippen LogP) is 3.78. The molecule has 4 N–H and O–H groups in total. The molecule has 3 amide bonds. The van der Waals surface area contributed by atoms with Gasteiger partial charge in [0, 0.05) is 67.6 Å². The van der Waals surface area contributed by atoms with Gasteiger partial charge in [-0.15, -0.1) is 0 Å². The molecule has 1 fully saturated rings. The first-order chi connectivity index (χ1) is 19.6. The lowest BCUT2D eigenvalue weighted by molar-refractivity contribution is -0.120. The molecule has 6 rings (SSSR count). The van der Waals surface area contributed by atoms with Gasteiger partial charge < -0.3 is 30.7 Å². The molecule has 2 aliphatic heterocycles. The average Bonchev–Trinajstić information content (AvgIpc) is 3.43. The molecule has 0 bridgehead atoms. The maximum absolute atomic E-state index is 14.3. The second-order valence-electron chi connectivity index (χ2n) is 10.8. The van der Waals surface area contributed by atoms with Crippen LogP contribution in [0.25, 0.3) is 10.9 Å². The van der Waals surface area contributed by atoms with Gasteiger partial charge in [-0.3, -0.25) is 4.79 Å². The minimum atomic E-state index is -0.719. The first kappa shape index (κ1) is 26.0. The molecule has 1 saturated heterocycles. The van der Waals surface area contributed by atoms with Gasteiger partial charge in [0.15, 0.2) is 0 Å². The van der Waals surface area contributed by atoms with Crippen LogP contribution in [0, 0.1) is 5.92 Å². The summed E-state index contributed by atoms with van der Waals surface area (Å²) in [5.41, 5.74) is 11.3. The molecule has 3 heterocycles. The van der Waals surface area contributed by atoms with Crippen molar-refractivity contribution in [3.8, 4) is 0 Å². The molecular formula is C32H36N6O2. The van der Waals surface area contributed by atoms with E-state index in [0.717, 1.165) is 52.9 Å². The number of anilines is 2. The van der Waals surface area contributed by atoms with Crippen molar-refractivity contribution in [3.05, 3.63) is 96.2 Å². The molecule has 0 radical (unpaired) electrons. The number of carbonyl (C=O) groups is 2. The molecular weight excluding hydrogens is 500 g/mol. The Morgan fingerprint density at radius 2 is 1.65 bits per heavy atom. The number of para-hydroxylation sites is 3. The van der Waals surface area contributed by atoms with E-state index in [0.29, 0.717) is 32.6 Å². The monoisotopic (exact) mass is 536 g/mol. The summed E-state index contributed by atoms with van der Waals surface area (Å²) in [5.74, 6) is 0.0708. The van der Waals surface area contributed by atoms with Crippen LogP contribution in [0.3, 0.4) is 0 Å². The maximum Gasteiger partial charge on any atom is 0.318 e. The van der Waals surface area contributed by atoms with E-state index in [2.05, 4.69) is 33.4 Å². The van der Waals surface area contributed by atoms with Crippen LogP contribution in [0.4, 0.5) is 16.2 Å². The number of nitrogens with zero attached hydrogens (tertiary/aromatic N) is 3. The van der Waals surface area contributed by atoms with Crippen LogP contribution >= 0.6 is 0 Å². The summed E-state index contributed by atoms with van der Waals surface area (Å²) in [5, 5.41) is 4.20. The third kappa shape index (κ3) is 5.27. The molecule has 206 valence electrons. The Hall–Kier alpha value is -4.30. The lowest BCUT2D eigenvalue weighted by atomic mass is 9.91. The van der Waals surface area contributed by atoms with Gasteiger partial charge in [0.25, 0.3) is 0 Å². The highest BCUT2D eigenvalue weighted by atomic mass is 16.2. The standard InChI is InChI=1S/C32H36N6O2/c33-20-23-18-24-8-4-7-13-30(24)38(22-23)31(39)29(19-25-21-34-28-12-6-5-11-27(25)28)35-32(40)37-16-14-36(15-17-37)26-9-2-1-3-10-26/h1-13,21,23,29,34H,14-20,22,33H2,(H,35,40)/t23?,29-/m1/s1. The number of benzene rings is 3. The number of nitrogens with one attached hydrogen (secondary N) is 2. The van der Waals surface area contributed by atoms with Crippen LogP contribution in [-0.2, 0) is 17.6 Å². The van der Waals surface area contributed by atoms with Crippen molar-refractivity contribution in [1.82, 2.24) is 15.2 Å². The third-order valence-electron chi connectivity index (χ3n) is 8.21. The highest BCUT2D eigenvalue weighted by Crippen LogP contribution is 2.30. The number of amides is 3. The smallest absolute Gasteiger partial charge is 0.318 e. The number of rotatable bonds is 6. The number of fused-ring (bicyclic) bond motifs is 2. The van der Waals surface area contributed by atoms with E-state index < -0.39 is 6.04 Å². The largest absolute Gasteiger partial charge is 0.368 e. The molecule has 8 heteroatoms. The third-order valence-corrected chi connectivity index (χ3v) is 8.21. The van der Waals surface area contributed by atoms with E-state index >= 15 is 0 Å². The van der Waals surface area contributed by atoms with Gasteiger partial charge in [-0.1, -0.05) is 54.6 Å². The van der Waals surface area contributed by atoms with Crippen molar-refractivity contribution in [2.45, 2.75) is 18.9 Å². The Labute approximate surface area is 234 Å². The Kier molecular flexibility index (Phi) is 7.42. The normalized spacial score (nSPS) is 17.9. The lowest BCUT2D eigenvalue weighted by Crippen LogP contribution is -2.58. The first-order valence-corrected chi connectivity index (χ1v) is 14.1. The van der Waals surface area contributed by atoms with E-state index in [-0.39, 0.29) is 17.9 Å². The van der Waals surface area contributed by atoms with Gasteiger partial charge in [0.1, 0.15) is 6.04 Å². The Bertz CT molecular complexity index is 1480. The van der Waals surface area contributed by atoms with Gasteiger partial charge in [-0.25, -0.2) is 4.79 Å². The van der Waals surface area contributed by atoms with Crippen molar-refractivity contribution in [1.29, 1.82) is 0 Å². The molecule has 2 atom stereocenters. The second-order valence-corrected chi connectivity index (χ2v) is 10.8. The number of hydrogen-bond donors (Lipinski definition) is 3. The molecule has 0 spiro atoms. The molecule has 8 nitrogen and oxygen atoms in total. The number of H-pyrrole nitrogens is 1. The Morgan fingerprint density at radius 3 is 2.45 bits per heavy atom. The Balaban J connectivity index is 1.24. The zero-order chi connectivity index (χ0) is 27.5. The molecule has 0 aliphatic carbocycles. The van der Waals surface area contributed by atoms with Gasteiger partial charge in [-0.05, 0) is 54.3 Å². The number of urea groups is 1. The van der Waals surface area contributed by atoms with E-state index in [4.69, 9.17) is 5.73 Å². The van der Waals surface area contributed by atoms with Crippen LogP contribution in [-0.4, -0.2) is 67.1 Å². The molecule has 0 saturated carbocycles. The maximum atomic E-state index is 14.3. The van der Waals surface area contributed by atoms with Crippen LogP contribution in [0.2, 0.25) is 0 Å². The molecule has 3 aromatic carbocycles. The summed E-state index contributed by atoms with van der Waals surface area (Å²) >= 11 is 0. The van der Waals surface area contributed by atoms with Gasteiger partial charge in [0.05, 0.1) is 0 Å². The van der Waals surface area contributed by atoms with E-state index in [1.165, 1.54) is 0 Å².